The fourth-order valence-electron chi connectivity index (χ4n) is 3.47. The molecule has 146 valence electrons. The zero-order chi connectivity index (χ0) is 19.4. The maximum Gasteiger partial charge on any atom is 0.162 e. The SMILES string of the molecule is CCc1nc(-c2ccc(Cl)cc2Cl)c(CC)nc1NN1CCC[C@H]1COC. The van der Waals surface area contributed by atoms with Crippen molar-refractivity contribution in [1.82, 2.24) is 15.0 Å². The second-order valence-corrected chi connectivity index (χ2v) is 7.55. The molecule has 2 aromatic rings. The van der Waals surface area contributed by atoms with E-state index in [2.05, 4.69) is 24.3 Å². The van der Waals surface area contributed by atoms with Crippen molar-refractivity contribution in [1.29, 1.82) is 0 Å². The van der Waals surface area contributed by atoms with Gasteiger partial charge >= 0.3 is 0 Å². The van der Waals surface area contributed by atoms with E-state index in [9.17, 15) is 0 Å². The van der Waals surface area contributed by atoms with Gasteiger partial charge in [-0.15, -0.1) is 0 Å². The molecule has 5 nitrogen and oxygen atoms in total. The van der Waals surface area contributed by atoms with Crippen LogP contribution in [0.2, 0.25) is 10.0 Å². The molecule has 0 saturated carbocycles. The minimum Gasteiger partial charge on any atom is -0.383 e. The van der Waals surface area contributed by atoms with Gasteiger partial charge < -0.3 is 10.2 Å². The molecule has 1 N–H and O–H groups in total. The van der Waals surface area contributed by atoms with Crippen molar-refractivity contribution in [2.75, 3.05) is 25.7 Å². The van der Waals surface area contributed by atoms with Gasteiger partial charge in [-0.3, -0.25) is 0 Å². The Hall–Kier alpha value is -1.40. The standard InChI is InChI=1S/C20H26Cl2N4O/c1-4-17-19(15-9-8-13(21)11-16(15)22)23-18(5-2)20(24-17)25-26-10-6-7-14(26)12-27-3/h8-9,11,14H,4-7,10,12H2,1-3H3,(H,24,25)/t14-/m0/s1. The fraction of sp³-hybridized carbons (Fsp3) is 0.500. The van der Waals surface area contributed by atoms with Crippen LogP contribution in [0.25, 0.3) is 11.3 Å². The summed E-state index contributed by atoms with van der Waals surface area (Å²) >= 11 is 12.5. The van der Waals surface area contributed by atoms with E-state index in [-0.39, 0.29) is 0 Å². The van der Waals surface area contributed by atoms with E-state index >= 15 is 0 Å². The second-order valence-electron chi connectivity index (χ2n) is 6.70. The van der Waals surface area contributed by atoms with Crippen molar-refractivity contribution in [3.63, 3.8) is 0 Å². The number of aromatic nitrogens is 2. The van der Waals surface area contributed by atoms with Crippen LogP contribution in [0.15, 0.2) is 18.2 Å². The van der Waals surface area contributed by atoms with Crippen LogP contribution < -0.4 is 5.43 Å². The average molecular weight is 409 g/mol. The van der Waals surface area contributed by atoms with Crippen molar-refractivity contribution < 1.29 is 4.74 Å². The van der Waals surface area contributed by atoms with Crippen LogP contribution in [-0.4, -0.2) is 41.3 Å². The van der Waals surface area contributed by atoms with Gasteiger partial charge in [0.1, 0.15) is 0 Å². The van der Waals surface area contributed by atoms with Crippen LogP contribution in [0.4, 0.5) is 5.82 Å². The Morgan fingerprint density at radius 1 is 1.19 bits per heavy atom. The molecule has 1 aliphatic heterocycles. The van der Waals surface area contributed by atoms with Crippen LogP contribution in [-0.2, 0) is 17.6 Å². The molecule has 7 heteroatoms. The molecule has 3 rings (SSSR count). The highest BCUT2D eigenvalue weighted by atomic mass is 35.5. The highest BCUT2D eigenvalue weighted by Crippen LogP contribution is 2.33. The number of ether oxygens (including phenoxy) is 1. The van der Waals surface area contributed by atoms with Crippen molar-refractivity contribution in [3.8, 4) is 11.3 Å². The lowest BCUT2D eigenvalue weighted by Crippen LogP contribution is -2.38. The summed E-state index contributed by atoms with van der Waals surface area (Å²) in [6.07, 6.45) is 3.81. The number of hydrazine groups is 1. The highest BCUT2D eigenvalue weighted by molar-refractivity contribution is 6.36. The first-order valence-corrected chi connectivity index (χ1v) is 10.2. The summed E-state index contributed by atoms with van der Waals surface area (Å²) in [6.45, 7) is 5.85. The fourth-order valence-corrected chi connectivity index (χ4v) is 3.97. The molecule has 1 atom stereocenters. The molecule has 0 spiro atoms. The van der Waals surface area contributed by atoms with E-state index < -0.39 is 0 Å². The lowest BCUT2D eigenvalue weighted by Gasteiger charge is -2.26. The predicted octanol–water partition coefficient (Wildman–Crippen LogP) is 5.01. The number of benzene rings is 1. The second kappa shape index (κ2) is 9.20. The van der Waals surface area contributed by atoms with E-state index in [1.807, 2.05) is 12.1 Å². The monoisotopic (exact) mass is 408 g/mol. The minimum atomic E-state index is 0.358. The molecular weight excluding hydrogens is 383 g/mol. The van der Waals surface area contributed by atoms with Crippen LogP contribution in [0.3, 0.4) is 0 Å². The molecule has 27 heavy (non-hydrogen) atoms. The first-order chi connectivity index (χ1) is 13.1. The zero-order valence-corrected chi connectivity index (χ0v) is 17.6. The highest BCUT2D eigenvalue weighted by Gasteiger charge is 2.26. The third-order valence-electron chi connectivity index (χ3n) is 4.88. The molecular formula is C20H26Cl2N4O. The van der Waals surface area contributed by atoms with Gasteiger partial charge in [0.15, 0.2) is 5.82 Å². The van der Waals surface area contributed by atoms with E-state index in [0.29, 0.717) is 22.7 Å². The van der Waals surface area contributed by atoms with Crippen molar-refractivity contribution >= 4 is 29.0 Å². The normalized spacial score (nSPS) is 17.4. The summed E-state index contributed by atoms with van der Waals surface area (Å²) in [5.74, 6) is 0.825. The number of nitrogens with one attached hydrogen (secondary N) is 1. The predicted molar refractivity (Wildman–Crippen MR) is 111 cm³/mol. The van der Waals surface area contributed by atoms with Gasteiger partial charge in [0.05, 0.1) is 34.8 Å². The third kappa shape index (κ3) is 4.54. The molecule has 1 saturated heterocycles. The van der Waals surface area contributed by atoms with Gasteiger partial charge in [-0.1, -0.05) is 37.0 Å². The largest absolute Gasteiger partial charge is 0.383 e. The topological polar surface area (TPSA) is 50.3 Å². The number of methoxy groups -OCH3 is 1. The Labute approximate surface area is 171 Å². The van der Waals surface area contributed by atoms with Gasteiger partial charge in [0.25, 0.3) is 0 Å². The summed E-state index contributed by atoms with van der Waals surface area (Å²) in [7, 11) is 1.74. The molecule has 1 aromatic heterocycles. The summed E-state index contributed by atoms with van der Waals surface area (Å²) in [4.78, 5) is 9.84. The molecule has 2 heterocycles. The Morgan fingerprint density at radius 3 is 2.63 bits per heavy atom. The molecule has 0 unspecified atom stereocenters. The summed E-state index contributed by atoms with van der Waals surface area (Å²) < 4.78 is 5.35. The summed E-state index contributed by atoms with van der Waals surface area (Å²) in [6, 6.07) is 5.85. The van der Waals surface area contributed by atoms with E-state index in [0.717, 1.165) is 60.7 Å². The lowest BCUT2D eigenvalue weighted by atomic mass is 10.1. The summed E-state index contributed by atoms with van der Waals surface area (Å²) in [5.41, 5.74) is 7.04. The quantitative estimate of drug-likeness (QED) is 0.697. The Morgan fingerprint density at radius 2 is 1.96 bits per heavy atom. The first kappa shape index (κ1) is 20.3. The number of aryl methyl sites for hydroxylation is 2. The molecule has 1 fully saturated rings. The van der Waals surface area contributed by atoms with Gasteiger partial charge in [-0.25, -0.2) is 15.0 Å². The Kier molecular flexibility index (Phi) is 6.93. The smallest absolute Gasteiger partial charge is 0.162 e. The molecule has 0 amide bonds. The van der Waals surface area contributed by atoms with Crippen LogP contribution >= 0.6 is 23.2 Å². The average Bonchev–Trinajstić information content (AvgIpc) is 3.09. The van der Waals surface area contributed by atoms with Crippen molar-refractivity contribution in [2.45, 2.75) is 45.6 Å². The van der Waals surface area contributed by atoms with E-state index in [4.69, 9.17) is 37.9 Å². The number of hydrogen-bond acceptors (Lipinski definition) is 5. The Bertz CT molecular complexity index is 800. The maximum atomic E-state index is 6.43. The number of nitrogens with zero attached hydrogens (tertiary/aromatic N) is 3. The Balaban J connectivity index is 1.97. The van der Waals surface area contributed by atoms with Crippen molar-refractivity contribution in [2.24, 2.45) is 0 Å². The van der Waals surface area contributed by atoms with Gasteiger partial charge in [-0.2, -0.15) is 0 Å². The molecule has 1 aliphatic rings. The number of anilines is 1. The van der Waals surface area contributed by atoms with E-state index in [1.54, 1.807) is 13.2 Å². The van der Waals surface area contributed by atoms with Crippen molar-refractivity contribution in [3.05, 3.63) is 39.6 Å². The van der Waals surface area contributed by atoms with Gasteiger partial charge in [-0.05, 0) is 43.9 Å². The molecule has 1 aromatic carbocycles. The number of hydrogen-bond donors (Lipinski definition) is 1. The molecule has 0 bridgehead atoms. The summed E-state index contributed by atoms with van der Waals surface area (Å²) in [5, 5.41) is 3.43. The maximum absolute atomic E-state index is 6.43. The van der Waals surface area contributed by atoms with Crippen LogP contribution in [0.1, 0.15) is 38.1 Å². The minimum absolute atomic E-state index is 0.358. The number of rotatable bonds is 7. The molecule has 0 aliphatic carbocycles. The van der Waals surface area contributed by atoms with Crippen LogP contribution in [0.5, 0.6) is 0 Å². The molecule has 0 radical (unpaired) electrons. The van der Waals surface area contributed by atoms with Crippen LogP contribution in [0, 0.1) is 0 Å². The van der Waals surface area contributed by atoms with Gasteiger partial charge in [0, 0.05) is 24.2 Å². The third-order valence-corrected chi connectivity index (χ3v) is 5.43. The lowest BCUT2D eigenvalue weighted by molar-refractivity contribution is 0.128. The zero-order valence-electron chi connectivity index (χ0n) is 16.1. The van der Waals surface area contributed by atoms with E-state index in [1.165, 1.54) is 0 Å². The van der Waals surface area contributed by atoms with Gasteiger partial charge in [0.2, 0.25) is 0 Å². The first-order valence-electron chi connectivity index (χ1n) is 9.44. The number of halogens is 2.